The minimum Gasteiger partial charge on any atom is -0.493 e. The molecule has 10 nitrogen and oxygen atoms in total. The van der Waals surface area contributed by atoms with Crippen LogP contribution in [0.2, 0.25) is 5.02 Å². The summed E-state index contributed by atoms with van der Waals surface area (Å²) < 4.78 is 10.6. The molecule has 4 amide bonds. The van der Waals surface area contributed by atoms with Crippen LogP contribution in [0, 0.1) is 18.8 Å². The summed E-state index contributed by atoms with van der Waals surface area (Å²) in [6.45, 7) is 1.87. The van der Waals surface area contributed by atoms with Crippen LogP contribution in [0.5, 0.6) is 11.5 Å². The molecule has 11 heteroatoms. The molecule has 3 heterocycles. The van der Waals surface area contributed by atoms with Gasteiger partial charge in [-0.2, -0.15) is 0 Å². The number of carbonyl (C=O) groups excluding carboxylic acids is 4. The number of anilines is 1. The number of hydrogen-bond donors (Lipinski definition) is 3. The zero-order chi connectivity index (χ0) is 26.6. The summed E-state index contributed by atoms with van der Waals surface area (Å²) in [7, 11) is 3.07. The number of nitrogens with one attached hydrogen (secondary N) is 2. The fourth-order valence-electron chi connectivity index (χ4n) is 5.94. The number of nitrogens with zero attached hydrogens (tertiary/aromatic N) is 1. The number of nitrogens with two attached hydrogens (primary N) is 1. The quantitative estimate of drug-likeness (QED) is 0.464. The predicted octanol–water partition coefficient (Wildman–Crippen LogP) is 1.50. The van der Waals surface area contributed by atoms with Crippen molar-refractivity contribution in [2.45, 2.75) is 31.3 Å². The number of rotatable bonds is 7. The van der Waals surface area contributed by atoms with Crippen LogP contribution in [-0.2, 0) is 31.1 Å². The van der Waals surface area contributed by atoms with Crippen molar-refractivity contribution in [3.63, 3.8) is 0 Å². The molecule has 2 aromatic rings. The predicted molar refractivity (Wildman–Crippen MR) is 134 cm³/mol. The maximum Gasteiger partial charge on any atom is 0.250 e. The molecule has 1 spiro atoms. The van der Waals surface area contributed by atoms with E-state index in [1.165, 1.54) is 19.1 Å². The Kier molecular flexibility index (Phi) is 6.12. The molecule has 37 heavy (non-hydrogen) atoms. The first-order valence-electron chi connectivity index (χ1n) is 11.9. The highest BCUT2D eigenvalue weighted by Crippen LogP contribution is 2.54. The van der Waals surface area contributed by atoms with E-state index >= 15 is 0 Å². The number of ether oxygens (including phenoxy) is 2. The number of hydrogen-bond acceptors (Lipinski definition) is 7. The summed E-state index contributed by atoms with van der Waals surface area (Å²) in [6.07, 6.45) is 0.177. The topological polar surface area (TPSA) is 140 Å². The van der Waals surface area contributed by atoms with E-state index in [-0.39, 0.29) is 13.0 Å². The van der Waals surface area contributed by atoms with Crippen LogP contribution >= 0.6 is 11.6 Å². The fourth-order valence-corrected chi connectivity index (χ4v) is 6.10. The number of carbonyl (C=O) groups is 4. The first-order chi connectivity index (χ1) is 17.6. The van der Waals surface area contributed by atoms with E-state index in [1.54, 1.807) is 31.2 Å². The van der Waals surface area contributed by atoms with E-state index in [0.717, 1.165) is 5.56 Å². The van der Waals surface area contributed by atoms with Crippen molar-refractivity contribution >= 4 is 40.9 Å². The molecular weight excluding hydrogens is 500 g/mol. The largest absolute Gasteiger partial charge is 0.493 e. The SMILES string of the molecule is COc1ccc(CCN2C(=O)[C@H]3[C@@H](C2=O)[C@]2(N[C@@H]3CC(N)=O)C(=O)Nc3c2ccc(Cl)c3C)cc1OC. The van der Waals surface area contributed by atoms with Crippen molar-refractivity contribution in [2.75, 3.05) is 26.1 Å². The third-order valence-electron chi connectivity index (χ3n) is 7.67. The highest BCUT2D eigenvalue weighted by Gasteiger charge is 2.70. The minimum atomic E-state index is -1.51. The summed E-state index contributed by atoms with van der Waals surface area (Å²) in [5, 5.41) is 6.49. The Hall–Kier alpha value is -3.63. The Morgan fingerprint density at radius 1 is 1.11 bits per heavy atom. The summed E-state index contributed by atoms with van der Waals surface area (Å²) in [4.78, 5) is 54.1. The Morgan fingerprint density at radius 2 is 1.84 bits per heavy atom. The number of amides is 4. The van der Waals surface area contributed by atoms with Gasteiger partial charge in [0.25, 0.3) is 0 Å². The van der Waals surface area contributed by atoms with Gasteiger partial charge in [-0.25, -0.2) is 0 Å². The first-order valence-corrected chi connectivity index (χ1v) is 12.2. The number of fused-ring (bicyclic) bond motifs is 4. The second kappa shape index (κ2) is 9.04. The molecule has 0 aliphatic carbocycles. The molecule has 0 saturated carbocycles. The standard InChI is InChI=1S/C26H27ClN4O6/c1-12-15(27)6-5-14-22(12)29-25(35)26(14)21-20(16(30-26)11-19(28)32)23(33)31(24(21)34)9-8-13-4-7-17(36-2)18(10-13)37-3/h4-7,10,16,20-21,30H,8-9,11H2,1-3H3,(H2,28,32)(H,29,35)/t16-,20-,21+,26+/m1/s1. The van der Waals surface area contributed by atoms with Crippen molar-refractivity contribution < 1.29 is 28.7 Å². The number of primary amides is 1. The second-order valence-corrected chi connectivity index (χ2v) is 9.96. The molecule has 2 fully saturated rings. The molecule has 4 N–H and O–H groups in total. The highest BCUT2D eigenvalue weighted by atomic mass is 35.5. The van der Waals surface area contributed by atoms with Gasteiger partial charge >= 0.3 is 0 Å². The molecule has 0 unspecified atom stereocenters. The van der Waals surface area contributed by atoms with Crippen molar-refractivity contribution in [3.05, 3.63) is 52.0 Å². The van der Waals surface area contributed by atoms with Crippen molar-refractivity contribution in [3.8, 4) is 11.5 Å². The van der Waals surface area contributed by atoms with Crippen LogP contribution in [0.3, 0.4) is 0 Å². The Balaban J connectivity index is 1.51. The van der Waals surface area contributed by atoms with Gasteiger partial charge in [-0.3, -0.25) is 29.4 Å². The fraction of sp³-hybridized carbons (Fsp3) is 0.385. The van der Waals surface area contributed by atoms with Crippen LogP contribution in [0.4, 0.5) is 5.69 Å². The van der Waals surface area contributed by atoms with Gasteiger partial charge < -0.3 is 20.5 Å². The van der Waals surface area contributed by atoms with Gasteiger partial charge in [0.05, 0.1) is 31.7 Å². The molecule has 5 rings (SSSR count). The van der Waals surface area contributed by atoms with E-state index in [4.69, 9.17) is 26.8 Å². The van der Waals surface area contributed by atoms with E-state index < -0.39 is 47.0 Å². The van der Waals surface area contributed by atoms with Crippen LogP contribution in [0.25, 0.3) is 0 Å². The van der Waals surface area contributed by atoms with Gasteiger partial charge in [-0.1, -0.05) is 23.7 Å². The zero-order valence-electron chi connectivity index (χ0n) is 20.6. The van der Waals surface area contributed by atoms with Gasteiger partial charge in [0, 0.05) is 29.6 Å². The summed E-state index contributed by atoms with van der Waals surface area (Å²) in [5.74, 6) is -2.84. The van der Waals surface area contributed by atoms with Gasteiger partial charge in [-0.15, -0.1) is 0 Å². The minimum absolute atomic E-state index is 0.105. The number of halogens is 1. The van der Waals surface area contributed by atoms with Crippen molar-refractivity contribution in [1.82, 2.24) is 10.2 Å². The lowest BCUT2D eigenvalue weighted by Gasteiger charge is -2.29. The Labute approximate surface area is 218 Å². The Morgan fingerprint density at radius 3 is 2.51 bits per heavy atom. The van der Waals surface area contributed by atoms with Crippen LogP contribution in [0.15, 0.2) is 30.3 Å². The third-order valence-corrected chi connectivity index (χ3v) is 8.08. The molecule has 3 aliphatic rings. The maximum atomic E-state index is 13.8. The van der Waals surface area contributed by atoms with E-state index in [1.807, 2.05) is 6.07 Å². The molecule has 2 aromatic carbocycles. The average molecular weight is 527 g/mol. The smallest absolute Gasteiger partial charge is 0.250 e. The normalized spacial score (nSPS) is 25.9. The second-order valence-electron chi connectivity index (χ2n) is 9.55. The molecule has 4 atom stereocenters. The molecule has 2 saturated heterocycles. The molecule has 0 bridgehead atoms. The number of likely N-dealkylation sites (tertiary alicyclic amines) is 1. The van der Waals surface area contributed by atoms with Crippen LogP contribution in [-0.4, -0.2) is 55.3 Å². The first kappa shape index (κ1) is 25.0. The maximum absolute atomic E-state index is 13.8. The lowest BCUT2D eigenvalue weighted by Crippen LogP contribution is -2.53. The number of methoxy groups -OCH3 is 2. The van der Waals surface area contributed by atoms with E-state index in [2.05, 4.69) is 10.6 Å². The van der Waals surface area contributed by atoms with Gasteiger partial charge in [0.15, 0.2) is 11.5 Å². The van der Waals surface area contributed by atoms with Crippen LogP contribution in [0.1, 0.15) is 23.1 Å². The zero-order valence-corrected chi connectivity index (χ0v) is 21.3. The van der Waals surface area contributed by atoms with E-state index in [0.29, 0.717) is 39.8 Å². The van der Waals surface area contributed by atoms with Crippen molar-refractivity contribution in [2.24, 2.45) is 17.6 Å². The van der Waals surface area contributed by atoms with Gasteiger partial charge in [-0.05, 0) is 42.7 Å². The number of benzene rings is 2. The summed E-state index contributed by atoms with van der Waals surface area (Å²) in [5.41, 5.74) is 6.51. The Bertz CT molecular complexity index is 1350. The van der Waals surface area contributed by atoms with Crippen LogP contribution < -0.4 is 25.8 Å². The van der Waals surface area contributed by atoms with E-state index in [9.17, 15) is 19.2 Å². The lowest BCUT2D eigenvalue weighted by molar-refractivity contribution is -0.142. The summed E-state index contributed by atoms with van der Waals surface area (Å²) in [6, 6.07) is 7.94. The summed E-state index contributed by atoms with van der Waals surface area (Å²) >= 11 is 6.28. The molecule has 194 valence electrons. The lowest BCUT2D eigenvalue weighted by atomic mass is 9.76. The molecule has 0 radical (unpaired) electrons. The molecular formula is C26H27ClN4O6. The molecule has 3 aliphatic heterocycles. The third kappa shape index (κ3) is 3.66. The molecule has 0 aromatic heterocycles. The monoisotopic (exact) mass is 526 g/mol. The number of imide groups is 1. The van der Waals surface area contributed by atoms with Gasteiger partial charge in [0.1, 0.15) is 5.54 Å². The average Bonchev–Trinajstić information content (AvgIpc) is 3.44. The van der Waals surface area contributed by atoms with Gasteiger partial charge in [0.2, 0.25) is 23.6 Å². The highest BCUT2D eigenvalue weighted by molar-refractivity contribution is 6.32. The van der Waals surface area contributed by atoms with Crippen molar-refractivity contribution in [1.29, 1.82) is 0 Å².